The van der Waals surface area contributed by atoms with E-state index in [4.69, 9.17) is 51.6 Å². The highest BCUT2D eigenvalue weighted by atomic mass is 35.5. The van der Waals surface area contributed by atoms with Crippen LogP contribution in [0.25, 0.3) is 11.4 Å². The van der Waals surface area contributed by atoms with E-state index in [0.29, 0.717) is 44.7 Å². The second-order valence-corrected chi connectivity index (χ2v) is 26.4. The highest BCUT2D eigenvalue weighted by Crippen LogP contribution is 2.41. The van der Waals surface area contributed by atoms with E-state index < -0.39 is 143 Å². The monoisotopic (exact) mass is 1530 g/mol. The Morgan fingerprint density at radius 2 is 1.42 bits per heavy atom. The number of aromatic amines is 1. The van der Waals surface area contributed by atoms with Gasteiger partial charge < -0.3 is 28.4 Å². The second kappa shape index (κ2) is 30.6. The summed E-state index contributed by atoms with van der Waals surface area (Å²) in [6.07, 6.45) is -7.44. The summed E-state index contributed by atoms with van der Waals surface area (Å²) in [5, 5.41) is 15.5. The first-order chi connectivity index (χ1) is 47.1. The maximum absolute atomic E-state index is 13.7. The number of ketones is 1. The van der Waals surface area contributed by atoms with Gasteiger partial charge in [-0.2, -0.15) is 63.8 Å². The van der Waals surface area contributed by atoms with Crippen LogP contribution in [0.4, 0.5) is 56.8 Å². The number of nitrogens with zero attached hydrogens (tertiary/aromatic N) is 12. The molecule has 101 heavy (non-hydrogen) atoms. The molecule has 542 valence electrons. The summed E-state index contributed by atoms with van der Waals surface area (Å²) in [4.78, 5) is 65.5. The number of methoxy groups -OCH3 is 4. The number of esters is 2. The predicted octanol–water partition coefficient (Wildman–Crippen LogP) is 7.84. The van der Waals surface area contributed by atoms with Crippen LogP contribution in [0.15, 0.2) is 104 Å². The lowest BCUT2D eigenvalue weighted by Crippen LogP contribution is -2.48. The molecule has 1 unspecified atom stereocenters. The molecule has 0 saturated heterocycles. The number of H-pyrrole nitrogens is 1. The maximum atomic E-state index is 13.7. The number of fused-ring (bicyclic) bond motifs is 2. The molecular formula is C56H52Cl2F9N15O16S3. The molecule has 9 aromatic rings. The fraction of sp³-hybridized carbons (Fsp3) is 0.286. The predicted molar refractivity (Wildman–Crippen MR) is 336 cm³/mol. The average molecular weight is 1530 g/mol. The molecule has 0 saturated carbocycles. The van der Waals surface area contributed by atoms with Gasteiger partial charge in [-0.3, -0.25) is 24.1 Å². The summed E-state index contributed by atoms with van der Waals surface area (Å²) < 4.78 is 229. The molecule has 1 aliphatic rings. The number of hydrogen-bond donors (Lipinski definition) is 3. The van der Waals surface area contributed by atoms with Crippen molar-refractivity contribution in [2.45, 2.75) is 67.0 Å². The van der Waals surface area contributed by atoms with Gasteiger partial charge in [0.1, 0.15) is 28.6 Å². The minimum absolute atomic E-state index is 0.0591. The Bertz CT molecular complexity index is 5120. The Morgan fingerprint density at radius 1 is 0.752 bits per heavy atom. The number of sulfonamides is 2. The van der Waals surface area contributed by atoms with E-state index in [1.165, 1.54) is 46.4 Å². The highest BCUT2D eigenvalue weighted by Gasteiger charge is 2.50. The quantitative estimate of drug-likeness (QED) is 0.0418. The minimum Gasteiger partial charge on any atom is -0.481 e. The molecule has 0 amide bonds. The Kier molecular flexibility index (Phi) is 23.6. The summed E-state index contributed by atoms with van der Waals surface area (Å²) >= 11 is 12.2. The molecule has 45 heteroatoms. The van der Waals surface area contributed by atoms with Gasteiger partial charge in [0.25, 0.3) is 42.5 Å². The minimum atomic E-state index is -4.98. The number of benzene rings is 3. The summed E-state index contributed by atoms with van der Waals surface area (Å²) in [5.74, 6) is -6.46. The van der Waals surface area contributed by atoms with Crippen molar-refractivity contribution < 1.29 is 108 Å². The standard InChI is InChI=1S/C16H18Cl2N2O4.C14H13F3N6O5S.C14H13F3N2O4S.C12H8F3N5O3S/c1-4-23-14(21)12-9-16(3,15(22)24-5-2)20(19-12)13-7-6-10(17)8-11(13)18;1-26-8-6-9(27-2)23-13(19-8)20-12(21-23)22-29(24,25)10-7(14(15,16)17)4-5-18-11(10)28-3;1-7-11(13(21)19(2)18-7)12(20)9-5-4-8(14(15,16)17)6-10(9)24(3,22)23;1-23-12-16-5-8(15)10-17-11(18-20(10)12)24(21,22)19-9-6(13)3-2-4-7(9)14/h6-8H,4-5,9H2,1-3H3;4-6H,1-3H3,(H,21,22);4-6,18H,1-3H3;2-5,19H,1H3. The van der Waals surface area contributed by atoms with E-state index in [0.717, 1.165) is 53.0 Å². The van der Waals surface area contributed by atoms with E-state index in [1.807, 2.05) is 4.72 Å². The van der Waals surface area contributed by atoms with Crippen LogP contribution >= 0.6 is 23.2 Å². The van der Waals surface area contributed by atoms with Crippen LogP contribution in [-0.2, 0) is 68.3 Å². The number of carbonyl (C=O) groups is 3. The van der Waals surface area contributed by atoms with Crippen molar-refractivity contribution in [1.82, 2.24) is 53.9 Å². The van der Waals surface area contributed by atoms with E-state index in [9.17, 15) is 83.9 Å². The van der Waals surface area contributed by atoms with Crippen LogP contribution in [0.2, 0.25) is 10.0 Å². The number of hydrogen-bond acceptors (Lipinski definition) is 25. The third-order valence-electron chi connectivity index (χ3n) is 13.4. The second-order valence-electron chi connectivity index (χ2n) is 20.3. The van der Waals surface area contributed by atoms with Gasteiger partial charge >= 0.3 is 30.3 Å². The number of aryl methyl sites for hydroxylation is 2. The Labute approximate surface area is 574 Å². The molecule has 6 aromatic heterocycles. The average Bonchev–Trinajstić information content (AvgIpc) is 1.69. The number of alkyl halides is 6. The zero-order chi connectivity index (χ0) is 75.2. The van der Waals surface area contributed by atoms with E-state index in [2.05, 4.69) is 45.3 Å². The van der Waals surface area contributed by atoms with E-state index >= 15 is 0 Å². The summed E-state index contributed by atoms with van der Waals surface area (Å²) in [7, 11) is -7.35. The maximum Gasteiger partial charge on any atom is 0.418 e. The van der Waals surface area contributed by atoms with Crippen LogP contribution in [0, 0.1) is 24.4 Å². The van der Waals surface area contributed by atoms with Gasteiger partial charge in [0.2, 0.25) is 23.4 Å². The molecule has 10 rings (SSSR count). The lowest BCUT2D eigenvalue weighted by molar-refractivity contribution is -0.148. The van der Waals surface area contributed by atoms with Crippen molar-refractivity contribution in [3.63, 3.8) is 0 Å². The van der Waals surface area contributed by atoms with Gasteiger partial charge in [-0.25, -0.2) is 59.3 Å². The van der Waals surface area contributed by atoms with Crippen molar-refractivity contribution in [1.29, 1.82) is 0 Å². The van der Waals surface area contributed by atoms with Gasteiger partial charge in [0, 0.05) is 42.2 Å². The molecule has 31 nitrogen and oxygen atoms in total. The van der Waals surface area contributed by atoms with Crippen LogP contribution in [-0.4, -0.2) is 156 Å². The van der Waals surface area contributed by atoms with Gasteiger partial charge in [-0.1, -0.05) is 29.3 Å². The number of hydrazone groups is 1. The van der Waals surface area contributed by atoms with Crippen LogP contribution in [0.5, 0.6) is 23.7 Å². The van der Waals surface area contributed by atoms with E-state index in [1.54, 1.807) is 43.7 Å². The van der Waals surface area contributed by atoms with Crippen LogP contribution in [0.1, 0.15) is 59.9 Å². The number of rotatable bonds is 18. The summed E-state index contributed by atoms with van der Waals surface area (Å²) in [6, 6.07) is 11.0. The molecule has 1 atom stereocenters. The van der Waals surface area contributed by atoms with Crippen molar-refractivity contribution in [2.75, 3.05) is 62.4 Å². The van der Waals surface area contributed by atoms with Crippen molar-refractivity contribution >= 4 is 105 Å². The topological polar surface area (TPSA) is 386 Å². The van der Waals surface area contributed by atoms with E-state index in [-0.39, 0.29) is 60.2 Å². The number of sulfone groups is 1. The molecular weight excluding hydrogens is 1480 g/mol. The zero-order valence-corrected chi connectivity index (χ0v) is 57.4. The highest BCUT2D eigenvalue weighted by molar-refractivity contribution is 7.93. The van der Waals surface area contributed by atoms with Gasteiger partial charge in [0.15, 0.2) is 31.7 Å². The fourth-order valence-electron chi connectivity index (χ4n) is 8.87. The number of ether oxygens (including phenoxy) is 6. The molecule has 0 fully saturated rings. The molecule has 3 aromatic carbocycles. The molecule has 0 radical (unpaired) electrons. The molecule has 0 spiro atoms. The number of nitrogens with one attached hydrogen (secondary N) is 3. The lowest BCUT2D eigenvalue weighted by atomic mass is 9.95. The first kappa shape index (κ1) is 77.9. The Hall–Kier alpha value is -10.4. The molecule has 0 aliphatic carbocycles. The Balaban J connectivity index is 0.000000190. The number of anilines is 3. The summed E-state index contributed by atoms with van der Waals surface area (Å²) in [6.45, 7) is 6.92. The van der Waals surface area contributed by atoms with Gasteiger partial charge in [0.05, 0.1) is 80.6 Å². The summed E-state index contributed by atoms with van der Waals surface area (Å²) in [5.41, 5.74) is -5.95. The normalized spacial score (nSPS) is 13.9. The number of para-hydroxylation sites is 1. The Morgan fingerprint density at radius 3 is 1.97 bits per heavy atom. The number of carbonyl (C=O) groups excluding carboxylic acids is 3. The van der Waals surface area contributed by atoms with Crippen molar-refractivity contribution in [2.24, 2.45) is 12.1 Å². The van der Waals surface area contributed by atoms with Crippen LogP contribution < -0.4 is 39.0 Å². The van der Waals surface area contributed by atoms with Gasteiger partial charge in [-0.05, 0) is 82.3 Å². The SMILES string of the molecule is CCOC(=O)C1=NN(c2ccc(Cl)cc2Cl)C(C)(C(=O)OCC)C1.COc1cc(OC)n2nc(NS(=O)(=O)c3c(C(F)(F)F)ccnc3OC)nc2n1.COc1ncc(F)c2nc(S(=O)(=O)Nc3c(F)cccc3F)nn12.Cc1[nH]n(C)c(=O)c1C(=O)c1ccc(C(F)(F)F)cc1S(C)(=O)=O. The fourth-order valence-corrected chi connectivity index (χ4v) is 12.5. The first-order valence-corrected chi connectivity index (χ1v) is 33.5. The zero-order valence-electron chi connectivity index (χ0n) is 53.4. The molecule has 0 bridgehead atoms. The van der Waals surface area contributed by atoms with Crippen molar-refractivity contribution in [3.05, 3.63) is 145 Å². The smallest absolute Gasteiger partial charge is 0.418 e. The lowest BCUT2D eigenvalue weighted by Gasteiger charge is -2.32. The first-order valence-electron chi connectivity index (χ1n) is 27.9. The molecule has 1 aliphatic heterocycles. The number of halogens is 11. The largest absolute Gasteiger partial charge is 0.481 e. The third kappa shape index (κ3) is 17.3. The van der Waals surface area contributed by atoms with Crippen molar-refractivity contribution in [3.8, 4) is 23.7 Å². The van der Waals surface area contributed by atoms with Gasteiger partial charge in [-0.15, -0.1) is 10.2 Å². The molecule has 3 N–H and O–H groups in total. The third-order valence-corrected chi connectivity index (χ3v) is 17.6. The van der Waals surface area contributed by atoms with Crippen LogP contribution in [0.3, 0.4) is 0 Å². The number of pyridine rings is 1. The number of aromatic nitrogens is 11. The molecule has 7 heterocycles.